The molecule has 5 rings (SSSR count). The fourth-order valence-electron chi connectivity index (χ4n) is 4.57. The predicted molar refractivity (Wildman–Crippen MR) is 155 cm³/mol. The Kier molecular flexibility index (Phi) is 8.21. The number of carboxylic acids is 1. The van der Waals surface area contributed by atoms with Crippen molar-refractivity contribution in [1.29, 1.82) is 0 Å². The van der Waals surface area contributed by atoms with E-state index in [1.165, 1.54) is 0 Å². The number of hydrogen-bond donors (Lipinski definition) is 2. The van der Waals surface area contributed by atoms with E-state index in [0.29, 0.717) is 24.5 Å². The first kappa shape index (κ1) is 26.7. The summed E-state index contributed by atoms with van der Waals surface area (Å²) in [5, 5.41) is 13.5. The molecule has 5 aromatic rings. The molecule has 0 amide bonds. The number of ether oxygens (including phenoxy) is 3. The molecule has 0 fully saturated rings. The van der Waals surface area contributed by atoms with E-state index in [1.807, 2.05) is 72.8 Å². The third-order valence-corrected chi connectivity index (χ3v) is 6.67. The first-order valence-corrected chi connectivity index (χ1v) is 13.1. The van der Waals surface area contributed by atoms with Crippen molar-refractivity contribution in [2.24, 2.45) is 0 Å². The number of fused-ring (bicyclic) bond motifs is 1. The van der Waals surface area contributed by atoms with Crippen LogP contribution in [0.2, 0.25) is 0 Å². The molecule has 1 heterocycles. The number of rotatable bonds is 12. The summed E-state index contributed by atoms with van der Waals surface area (Å²) in [7, 11) is 3.32. The molecule has 0 aliphatic carbocycles. The Bertz CT molecular complexity index is 1530. The summed E-state index contributed by atoms with van der Waals surface area (Å²) in [5.74, 6) is 2.10. The van der Waals surface area contributed by atoms with Crippen molar-refractivity contribution in [2.45, 2.75) is 18.9 Å². The van der Waals surface area contributed by atoms with Crippen LogP contribution in [0.1, 0.15) is 30.0 Å². The first-order chi connectivity index (χ1) is 19.5. The topological polar surface area (TPSA) is 90.2 Å². The first-order valence-electron chi connectivity index (χ1n) is 13.1. The van der Waals surface area contributed by atoms with Gasteiger partial charge in [0.15, 0.2) is 0 Å². The maximum Gasteiger partial charge on any atom is 0.303 e. The van der Waals surface area contributed by atoms with E-state index in [4.69, 9.17) is 23.7 Å². The molecular formula is C33H31NO6. The van der Waals surface area contributed by atoms with Gasteiger partial charge in [-0.2, -0.15) is 0 Å². The Morgan fingerprint density at radius 1 is 0.850 bits per heavy atom. The highest BCUT2D eigenvalue weighted by Crippen LogP contribution is 2.36. The van der Waals surface area contributed by atoms with Gasteiger partial charge in [-0.05, 0) is 72.1 Å². The standard InChI is InChI=1S/C33H31NO6/c1-37-26-15-10-22(11-16-26)33(23-12-17-27(38-2)18-13-23)34-25-14-9-24-20-31(40-30(24)21-25)28-6-3-4-7-29(28)39-19-5-8-32(35)36/h3-4,6-7,9-18,20-21,33-34H,5,8,19H2,1-2H3,(H,35,36). The Hall–Kier alpha value is -4.91. The van der Waals surface area contributed by atoms with Gasteiger partial charge in [0.05, 0.1) is 32.4 Å². The number of furan rings is 1. The van der Waals surface area contributed by atoms with Crippen molar-refractivity contribution in [1.82, 2.24) is 0 Å². The number of nitrogens with one attached hydrogen (secondary N) is 1. The average Bonchev–Trinajstić information content (AvgIpc) is 3.42. The Balaban J connectivity index is 1.42. The maximum atomic E-state index is 10.8. The number of carbonyl (C=O) groups is 1. The number of para-hydroxylation sites is 1. The molecule has 2 N–H and O–H groups in total. The molecule has 0 radical (unpaired) electrons. The zero-order valence-corrected chi connectivity index (χ0v) is 22.4. The molecular weight excluding hydrogens is 506 g/mol. The molecule has 1 aromatic heterocycles. The van der Waals surface area contributed by atoms with E-state index in [9.17, 15) is 4.79 Å². The van der Waals surface area contributed by atoms with Crippen LogP contribution in [-0.2, 0) is 4.79 Å². The van der Waals surface area contributed by atoms with Crippen molar-refractivity contribution in [3.8, 4) is 28.6 Å². The largest absolute Gasteiger partial charge is 0.497 e. The molecule has 4 aromatic carbocycles. The van der Waals surface area contributed by atoms with Crippen molar-refractivity contribution in [3.05, 3.63) is 108 Å². The number of benzene rings is 4. The summed E-state index contributed by atoms with van der Waals surface area (Å²) in [5.41, 5.74) is 4.63. The van der Waals surface area contributed by atoms with Crippen molar-refractivity contribution >= 4 is 22.6 Å². The van der Waals surface area contributed by atoms with Crippen LogP contribution in [0.15, 0.2) is 101 Å². The Morgan fingerprint density at radius 2 is 1.50 bits per heavy atom. The number of methoxy groups -OCH3 is 2. The molecule has 0 saturated carbocycles. The quantitative estimate of drug-likeness (QED) is 0.159. The van der Waals surface area contributed by atoms with Crippen LogP contribution in [0, 0.1) is 0 Å². The van der Waals surface area contributed by atoms with Gasteiger partial charge in [-0.15, -0.1) is 0 Å². The summed E-state index contributed by atoms with van der Waals surface area (Å²) in [6, 6.07) is 31.6. The van der Waals surface area contributed by atoms with E-state index in [2.05, 4.69) is 29.6 Å². The van der Waals surface area contributed by atoms with Crippen LogP contribution in [0.5, 0.6) is 17.2 Å². The number of hydrogen-bond acceptors (Lipinski definition) is 6. The molecule has 7 nitrogen and oxygen atoms in total. The van der Waals surface area contributed by atoms with Crippen LogP contribution in [0.25, 0.3) is 22.3 Å². The molecule has 0 aliphatic rings. The van der Waals surface area contributed by atoms with Gasteiger partial charge in [-0.3, -0.25) is 4.79 Å². The fraction of sp³-hybridized carbons (Fsp3) is 0.182. The summed E-state index contributed by atoms with van der Waals surface area (Å²) in [6.45, 7) is 0.315. The van der Waals surface area contributed by atoms with E-state index in [-0.39, 0.29) is 12.5 Å². The van der Waals surface area contributed by atoms with Gasteiger partial charge in [-0.25, -0.2) is 0 Å². The minimum atomic E-state index is -0.834. The van der Waals surface area contributed by atoms with Gasteiger partial charge in [0.25, 0.3) is 0 Å². The number of carboxylic acid groups (broad SMARTS) is 1. The molecule has 7 heteroatoms. The zero-order chi connectivity index (χ0) is 27.9. The highest BCUT2D eigenvalue weighted by molar-refractivity contribution is 5.86. The third-order valence-electron chi connectivity index (χ3n) is 6.67. The number of anilines is 1. The van der Waals surface area contributed by atoms with Crippen LogP contribution < -0.4 is 19.5 Å². The lowest BCUT2D eigenvalue weighted by atomic mass is 9.98. The molecule has 0 saturated heterocycles. The molecule has 0 unspecified atom stereocenters. The van der Waals surface area contributed by atoms with Crippen LogP contribution in [-0.4, -0.2) is 31.9 Å². The van der Waals surface area contributed by atoms with Gasteiger partial charge in [0.2, 0.25) is 0 Å². The summed E-state index contributed by atoms with van der Waals surface area (Å²) in [4.78, 5) is 10.8. The van der Waals surface area contributed by atoms with E-state index in [0.717, 1.165) is 44.8 Å². The van der Waals surface area contributed by atoms with E-state index in [1.54, 1.807) is 14.2 Å². The highest BCUT2D eigenvalue weighted by Gasteiger charge is 2.17. The molecule has 204 valence electrons. The molecule has 0 bridgehead atoms. The molecule has 40 heavy (non-hydrogen) atoms. The normalized spacial score (nSPS) is 11.0. The van der Waals surface area contributed by atoms with E-state index >= 15 is 0 Å². The lowest BCUT2D eigenvalue weighted by molar-refractivity contribution is -0.137. The van der Waals surface area contributed by atoms with Crippen LogP contribution in [0.3, 0.4) is 0 Å². The Morgan fingerprint density at radius 3 is 2.12 bits per heavy atom. The average molecular weight is 538 g/mol. The molecule has 0 aliphatic heterocycles. The maximum absolute atomic E-state index is 10.8. The fourth-order valence-corrected chi connectivity index (χ4v) is 4.57. The predicted octanol–water partition coefficient (Wildman–Crippen LogP) is 7.56. The second-order valence-corrected chi connectivity index (χ2v) is 9.33. The summed E-state index contributed by atoms with van der Waals surface area (Å²) < 4.78 is 22.9. The minimum absolute atomic E-state index is 0.0661. The van der Waals surface area contributed by atoms with Crippen molar-refractivity contribution in [3.63, 3.8) is 0 Å². The van der Waals surface area contributed by atoms with Gasteiger partial charge < -0.3 is 29.1 Å². The van der Waals surface area contributed by atoms with Crippen LogP contribution >= 0.6 is 0 Å². The lowest BCUT2D eigenvalue weighted by Gasteiger charge is -2.21. The summed E-state index contributed by atoms with van der Waals surface area (Å²) in [6.07, 6.45) is 0.499. The van der Waals surface area contributed by atoms with E-state index < -0.39 is 5.97 Å². The third kappa shape index (κ3) is 6.21. The van der Waals surface area contributed by atoms with Gasteiger partial charge >= 0.3 is 5.97 Å². The van der Waals surface area contributed by atoms with Crippen molar-refractivity contribution in [2.75, 3.05) is 26.1 Å². The lowest BCUT2D eigenvalue weighted by Crippen LogP contribution is -2.12. The monoisotopic (exact) mass is 537 g/mol. The van der Waals surface area contributed by atoms with Crippen molar-refractivity contribution < 1.29 is 28.5 Å². The second kappa shape index (κ2) is 12.3. The highest BCUT2D eigenvalue weighted by atomic mass is 16.5. The minimum Gasteiger partial charge on any atom is -0.497 e. The summed E-state index contributed by atoms with van der Waals surface area (Å²) >= 11 is 0. The van der Waals surface area contributed by atoms with Crippen LogP contribution in [0.4, 0.5) is 5.69 Å². The Labute approximate surface area is 232 Å². The smallest absolute Gasteiger partial charge is 0.303 e. The number of aliphatic carboxylic acids is 1. The molecule has 0 spiro atoms. The SMILES string of the molecule is COc1ccc(C(Nc2ccc3cc(-c4ccccc4OCCCC(=O)O)oc3c2)c2ccc(OC)cc2)cc1. The van der Waals surface area contributed by atoms with Gasteiger partial charge in [0.1, 0.15) is 28.6 Å². The zero-order valence-electron chi connectivity index (χ0n) is 22.4. The van der Waals surface area contributed by atoms with Gasteiger partial charge in [-0.1, -0.05) is 36.4 Å². The van der Waals surface area contributed by atoms with Gasteiger partial charge in [0, 0.05) is 23.6 Å². The second-order valence-electron chi connectivity index (χ2n) is 9.33. The molecule has 0 atom stereocenters.